The van der Waals surface area contributed by atoms with Gasteiger partial charge in [-0.2, -0.15) is 0 Å². The highest BCUT2D eigenvalue weighted by Gasteiger charge is 2.18. The molecule has 0 aliphatic carbocycles. The lowest BCUT2D eigenvalue weighted by Gasteiger charge is -2.18. The number of methoxy groups -OCH3 is 2. The van der Waals surface area contributed by atoms with Crippen LogP contribution in [0.3, 0.4) is 0 Å². The number of halogens is 1. The van der Waals surface area contributed by atoms with Crippen molar-refractivity contribution in [1.82, 2.24) is 14.9 Å². The Bertz CT molecular complexity index is 1010. The number of amides is 1. The molecule has 3 aromatic rings. The average molecular weight is 438 g/mol. The van der Waals surface area contributed by atoms with Crippen molar-refractivity contribution in [2.24, 2.45) is 0 Å². The van der Waals surface area contributed by atoms with Crippen molar-refractivity contribution in [1.29, 1.82) is 0 Å². The Kier molecular flexibility index (Phi) is 5.28. The molecule has 1 aromatic carbocycles. The number of aromatic nitrogens is 2. The Hall–Kier alpha value is -2.39. The number of fused-ring (bicyclic) bond motifs is 1. The van der Waals surface area contributed by atoms with Crippen molar-refractivity contribution < 1.29 is 14.3 Å². The maximum atomic E-state index is 12.8. The number of thiophene rings is 1. The monoisotopic (exact) mass is 437 g/mol. The van der Waals surface area contributed by atoms with E-state index in [4.69, 9.17) is 9.47 Å². The van der Waals surface area contributed by atoms with Crippen LogP contribution in [0.15, 0.2) is 32.8 Å². The Morgan fingerprint density at radius 1 is 1.31 bits per heavy atom. The predicted octanol–water partition coefficient (Wildman–Crippen LogP) is 3.04. The summed E-state index contributed by atoms with van der Waals surface area (Å²) < 4.78 is 11.8. The summed E-state index contributed by atoms with van der Waals surface area (Å²) in [6.45, 7) is 0.167. The lowest BCUT2D eigenvalue weighted by atomic mass is 10.1. The number of rotatable bonds is 5. The molecular formula is C17H16BrN3O4S. The molecule has 0 atom stereocenters. The zero-order valence-electron chi connectivity index (χ0n) is 14.3. The third kappa shape index (κ3) is 3.45. The van der Waals surface area contributed by atoms with Gasteiger partial charge < -0.3 is 19.4 Å². The quantitative estimate of drug-likeness (QED) is 0.662. The fourth-order valence-corrected chi connectivity index (χ4v) is 3.78. The lowest BCUT2D eigenvalue weighted by Crippen LogP contribution is -2.28. The second kappa shape index (κ2) is 7.46. The number of aromatic amines is 1. The summed E-state index contributed by atoms with van der Waals surface area (Å²) in [7, 11) is 4.67. The molecule has 0 unspecified atom stereocenters. The molecule has 9 heteroatoms. The minimum absolute atomic E-state index is 0.167. The van der Waals surface area contributed by atoms with Crippen molar-refractivity contribution in [3.63, 3.8) is 0 Å². The molecule has 1 N–H and O–H groups in total. The Labute approximate surface area is 161 Å². The number of nitrogens with one attached hydrogen (secondary N) is 1. The van der Waals surface area contributed by atoms with Gasteiger partial charge in [0.15, 0.2) is 0 Å². The zero-order valence-corrected chi connectivity index (χ0v) is 16.7. The van der Waals surface area contributed by atoms with Crippen LogP contribution in [0, 0.1) is 0 Å². The van der Waals surface area contributed by atoms with Crippen LogP contribution in [-0.4, -0.2) is 42.0 Å². The molecular weight excluding hydrogens is 422 g/mol. The Balaban J connectivity index is 1.88. The van der Waals surface area contributed by atoms with Gasteiger partial charge in [-0.15, -0.1) is 11.3 Å². The summed E-state index contributed by atoms with van der Waals surface area (Å²) in [5.74, 6) is 1.16. The molecule has 0 saturated carbocycles. The normalized spacial score (nSPS) is 10.8. The van der Waals surface area contributed by atoms with Gasteiger partial charge in [0.05, 0.1) is 26.3 Å². The number of carbonyl (C=O) groups excluding carboxylic acids is 1. The largest absolute Gasteiger partial charge is 0.495 e. The first kappa shape index (κ1) is 18.4. The molecule has 2 heterocycles. The highest BCUT2D eigenvalue weighted by Crippen LogP contribution is 2.35. The van der Waals surface area contributed by atoms with Gasteiger partial charge >= 0.3 is 0 Å². The van der Waals surface area contributed by atoms with Gasteiger partial charge in [-0.25, -0.2) is 4.98 Å². The van der Waals surface area contributed by atoms with Gasteiger partial charge in [0, 0.05) is 12.6 Å². The van der Waals surface area contributed by atoms with E-state index in [0.717, 1.165) is 0 Å². The second-order valence-electron chi connectivity index (χ2n) is 5.50. The number of nitrogens with zero attached hydrogens (tertiary/aromatic N) is 2. The van der Waals surface area contributed by atoms with E-state index < -0.39 is 0 Å². The van der Waals surface area contributed by atoms with Crippen LogP contribution in [-0.2, 0) is 6.54 Å². The molecule has 7 nitrogen and oxygen atoms in total. The van der Waals surface area contributed by atoms with E-state index in [1.165, 1.54) is 30.5 Å². The number of carbonyl (C=O) groups is 1. The highest BCUT2D eigenvalue weighted by molar-refractivity contribution is 9.10. The van der Waals surface area contributed by atoms with Gasteiger partial charge in [-0.05, 0) is 39.5 Å². The first-order valence-electron chi connectivity index (χ1n) is 7.58. The number of hydrogen-bond acceptors (Lipinski definition) is 6. The van der Waals surface area contributed by atoms with E-state index in [1.54, 1.807) is 25.2 Å². The second-order valence-corrected chi connectivity index (χ2v) is 7.21. The maximum absolute atomic E-state index is 12.8. The van der Waals surface area contributed by atoms with Crippen molar-refractivity contribution >= 4 is 43.4 Å². The van der Waals surface area contributed by atoms with Crippen LogP contribution >= 0.6 is 27.3 Å². The van der Waals surface area contributed by atoms with Gasteiger partial charge in [0.2, 0.25) is 0 Å². The standard InChI is InChI=1S/C17H16BrN3O4S/c1-21(8-13-19-10-4-5-26-15(10)16(22)20-13)17(23)9-6-11(24-2)14(18)12(7-9)25-3/h4-7H,8H2,1-3H3,(H,19,20,22). The third-order valence-corrected chi connectivity index (χ3v) is 5.47. The molecule has 0 bridgehead atoms. The molecule has 0 fully saturated rings. The SMILES string of the molecule is COc1cc(C(=O)N(C)Cc2nc3ccsc3c(=O)[nH]2)cc(OC)c1Br. The summed E-state index contributed by atoms with van der Waals surface area (Å²) in [6.07, 6.45) is 0. The Morgan fingerprint density at radius 3 is 2.58 bits per heavy atom. The molecule has 26 heavy (non-hydrogen) atoms. The molecule has 2 aromatic heterocycles. The van der Waals surface area contributed by atoms with Crippen molar-refractivity contribution in [3.8, 4) is 11.5 Å². The first-order chi connectivity index (χ1) is 12.4. The van der Waals surface area contributed by atoms with E-state index in [2.05, 4.69) is 25.9 Å². The Morgan fingerprint density at radius 2 is 1.96 bits per heavy atom. The lowest BCUT2D eigenvalue weighted by molar-refractivity contribution is 0.0780. The van der Waals surface area contributed by atoms with Crippen LogP contribution in [0.5, 0.6) is 11.5 Å². The van der Waals surface area contributed by atoms with Crippen LogP contribution in [0.4, 0.5) is 0 Å². The highest BCUT2D eigenvalue weighted by atomic mass is 79.9. The fourth-order valence-electron chi connectivity index (χ4n) is 2.51. The van der Waals surface area contributed by atoms with Crippen LogP contribution in [0.2, 0.25) is 0 Å². The fraction of sp³-hybridized carbons (Fsp3) is 0.235. The molecule has 0 radical (unpaired) electrons. The predicted molar refractivity (Wildman–Crippen MR) is 103 cm³/mol. The van der Waals surface area contributed by atoms with Crippen LogP contribution in [0.1, 0.15) is 16.2 Å². The first-order valence-corrected chi connectivity index (χ1v) is 9.25. The summed E-state index contributed by atoms with van der Waals surface area (Å²) >= 11 is 4.71. The number of hydrogen-bond donors (Lipinski definition) is 1. The van der Waals surface area contributed by atoms with Crippen LogP contribution in [0.25, 0.3) is 10.2 Å². The van der Waals surface area contributed by atoms with Gasteiger partial charge in [-0.1, -0.05) is 0 Å². The van der Waals surface area contributed by atoms with E-state index in [1.807, 2.05) is 5.38 Å². The van der Waals surface area contributed by atoms with Crippen LogP contribution < -0.4 is 15.0 Å². The maximum Gasteiger partial charge on any atom is 0.268 e. The van der Waals surface area contributed by atoms with Crippen molar-refractivity contribution in [2.75, 3.05) is 21.3 Å². The minimum Gasteiger partial charge on any atom is -0.495 e. The summed E-state index contributed by atoms with van der Waals surface area (Å²) in [6, 6.07) is 5.04. The van der Waals surface area contributed by atoms with E-state index in [9.17, 15) is 9.59 Å². The van der Waals surface area contributed by atoms with E-state index >= 15 is 0 Å². The van der Waals surface area contributed by atoms with Gasteiger partial charge in [-0.3, -0.25) is 9.59 Å². The van der Waals surface area contributed by atoms with E-state index in [0.29, 0.717) is 37.6 Å². The molecule has 0 spiro atoms. The summed E-state index contributed by atoms with van der Waals surface area (Å²) in [5, 5.41) is 1.81. The van der Waals surface area contributed by atoms with Crippen molar-refractivity contribution in [2.45, 2.75) is 6.54 Å². The zero-order chi connectivity index (χ0) is 18.8. The number of H-pyrrole nitrogens is 1. The number of benzene rings is 1. The topological polar surface area (TPSA) is 84.5 Å². The van der Waals surface area contributed by atoms with Gasteiger partial charge in [0.25, 0.3) is 11.5 Å². The molecule has 0 aliphatic rings. The molecule has 0 saturated heterocycles. The molecule has 0 aliphatic heterocycles. The molecule has 136 valence electrons. The van der Waals surface area contributed by atoms with E-state index in [-0.39, 0.29) is 18.0 Å². The van der Waals surface area contributed by atoms with Crippen molar-refractivity contribution in [3.05, 3.63) is 49.8 Å². The smallest absolute Gasteiger partial charge is 0.268 e. The third-order valence-electron chi connectivity index (χ3n) is 3.79. The number of ether oxygens (including phenoxy) is 2. The summed E-state index contributed by atoms with van der Waals surface area (Å²) in [5.41, 5.74) is 0.831. The summed E-state index contributed by atoms with van der Waals surface area (Å²) in [4.78, 5) is 33.4. The average Bonchev–Trinajstić information content (AvgIpc) is 3.10. The minimum atomic E-state index is -0.248. The van der Waals surface area contributed by atoms with Gasteiger partial charge in [0.1, 0.15) is 26.5 Å². The molecule has 3 rings (SSSR count). The molecule has 1 amide bonds.